The molecule has 3 aromatic rings. The number of methoxy groups -OCH3 is 1. The first-order chi connectivity index (χ1) is 11.2. The van der Waals surface area contributed by atoms with Crippen LogP contribution >= 0.6 is 0 Å². The second-order valence-electron chi connectivity index (χ2n) is 6.01. The molecule has 0 spiro atoms. The monoisotopic (exact) mass is 308 g/mol. The highest BCUT2D eigenvalue weighted by molar-refractivity contribution is 5.67. The zero-order valence-corrected chi connectivity index (χ0v) is 13.4. The summed E-state index contributed by atoms with van der Waals surface area (Å²) in [6, 6.07) is 14.4. The van der Waals surface area contributed by atoms with E-state index in [0.29, 0.717) is 0 Å². The van der Waals surface area contributed by atoms with Gasteiger partial charge in [-0.2, -0.15) is 9.61 Å². The summed E-state index contributed by atoms with van der Waals surface area (Å²) in [5.41, 5.74) is 3.97. The number of anilines is 1. The molecule has 0 aliphatic carbocycles. The van der Waals surface area contributed by atoms with Crippen LogP contribution in [0.4, 0.5) is 5.82 Å². The lowest BCUT2D eigenvalue weighted by Crippen LogP contribution is -2.24. The first kappa shape index (κ1) is 14.2. The predicted molar refractivity (Wildman–Crippen MR) is 90.8 cm³/mol. The van der Waals surface area contributed by atoms with Crippen LogP contribution in [0.2, 0.25) is 0 Å². The maximum absolute atomic E-state index is 5.51. The summed E-state index contributed by atoms with van der Waals surface area (Å²) in [6.45, 7) is 3.87. The van der Waals surface area contributed by atoms with Gasteiger partial charge >= 0.3 is 0 Å². The second kappa shape index (κ2) is 5.66. The van der Waals surface area contributed by atoms with Gasteiger partial charge in [-0.3, -0.25) is 0 Å². The van der Waals surface area contributed by atoms with Crippen molar-refractivity contribution in [2.45, 2.75) is 19.4 Å². The average molecular weight is 308 g/mol. The normalized spacial score (nSPS) is 18.0. The maximum atomic E-state index is 5.51. The lowest BCUT2D eigenvalue weighted by molar-refractivity contribution is 0.121. The van der Waals surface area contributed by atoms with E-state index in [4.69, 9.17) is 9.72 Å². The fourth-order valence-corrected chi connectivity index (χ4v) is 3.18. The van der Waals surface area contributed by atoms with Crippen LogP contribution in [0.1, 0.15) is 12.1 Å². The summed E-state index contributed by atoms with van der Waals surface area (Å²) < 4.78 is 7.45. The van der Waals surface area contributed by atoms with Crippen molar-refractivity contribution in [1.82, 2.24) is 14.6 Å². The SMILES string of the molecule is COC1CCN(c2cc(-c3ccccc3)nc3cc(C)nn23)C1. The van der Waals surface area contributed by atoms with E-state index in [1.165, 1.54) is 0 Å². The Morgan fingerprint density at radius 1 is 1.17 bits per heavy atom. The van der Waals surface area contributed by atoms with E-state index in [9.17, 15) is 0 Å². The van der Waals surface area contributed by atoms with E-state index in [1.54, 1.807) is 7.11 Å². The molecule has 1 aliphatic heterocycles. The summed E-state index contributed by atoms with van der Waals surface area (Å²) in [7, 11) is 1.78. The average Bonchev–Trinajstić information content (AvgIpc) is 3.20. The Morgan fingerprint density at radius 3 is 2.74 bits per heavy atom. The minimum atomic E-state index is 0.287. The third-order valence-corrected chi connectivity index (χ3v) is 4.40. The molecule has 1 atom stereocenters. The number of nitrogens with zero attached hydrogens (tertiary/aromatic N) is 4. The number of aromatic nitrogens is 3. The summed E-state index contributed by atoms with van der Waals surface area (Å²) >= 11 is 0. The van der Waals surface area contributed by atoms with Crippen LogP contribution in [-0.4, -0.2) is 40.9 Å². The number of benzene rings is 1. The number of hydrogen-bond acceptors (Lipinski definition) is 4. The van der Waals surface area contributed by atoms with Crippen LogP contribution in [0.5, 0.6) is 0 Å². The van der Waals surface area contributed by atoms with Crippen molar-refractivity contribution < 1.29 is 4.74 Å². The van der Waals surface area contributed by atoms with Gasteiger partial charge in [-0.1, -0.05) is 30.3 Å². The van der Waals surface area contributed by atoms with Gasteiger partial charge in [-0.25, -0.2) is 4.98 Å². The van der Waals surface area contributed by atoms with Crippen LogP contribution in [0.3, 0.4) is 0 Å². The van der Waals surface area contributed by atoms with Crippen molar-refractivity contribution in [2.75, 3.05) is 25.1 Å². The van der Waals surface area contributed by atoms with Crippen molar-refractivity contribution in [3.63, 3.8) is 0 Å². The van der Waals surface area contributed by atoms with Crippen LogP contribution in [-0.2, 0) is 4.74 Å². The highest BCUT2D eigenvalue weighted by Crippen LogP contribution is 2.27. The molecule has 4 rings (SSSR count). The quantitative estimate of drug-likeness (QED) is 0.746. The number of ether oxygens (including phenoxy) is 1. The van der Waals surface area contributed by atoms with Crippen molar-refractivity contribution in [2.24, 2.45) is 0 Å². The smallest absolute Gasteiger partial charge is 0.158 e. The summed E-state index contributed by atoms with van der Waals surface area (Å²) in [6.07, 6.45) is 1.33. The molecule has 2 aromatic heterocycles. The van der Waals surface area contributed by atoms with Gasteiger partial charge in [-0.05, 0) is 13.3 Å². The standard InChI is InChI=1S/C18H20N4O/c1-13-10-17-19-16(14-6-4-3-5-7-14)11-18(22(17)20-13)21-9-8-15(12-21)23-2/h3-7,10-11,15H,8-9,12H2,1-2H3. The second-order valence-corrected chi connectivity index (χ2v) is 6.01. The van der Waals surface area contributed by atoms with E-state index in [-0.39, 0.29) is 6.10 Å². The molecule has 0 N–H and O–H groups in total. The Kier molecular flexibility index (Phi) is 3.50. The summed E-state index contributed by atoms with van der Waals surface area (Å²) in [5.74, 6) is 1.08. The molecule has 3 heterocycles. The van der Waals surface area contributed by atoms with E-state index in [0.717, 1.165) is 47.9 Å². The Balaban J connectivity index is 1.84. The Bertz CT molecular complexity index is 828. The van der Waals surface area contributed by atoms with E-state index >= 15 is 0 Å². The molecular weight excluding hydrogens is 288 g/mol. The molecule has 0 amide bonds. The van der Waals surface area contributed by atoms with Crippen molar-refractivity contribution in [3.8, 4) is 11.3 Å². The zero-order valence-electron chi connectivity index (χ0n) is 13.4. The lowest BCUT2D eigenvalue weighted by Gasteiger charge is -2.20. The third-order valence-electron chi connectivity index (χ3n) is 4.40. The molecule has 1 unspecified atom stereocenters. The highest BCUT2D eigenvalue weighted by atomic mass is 16.5. The Hall–Kier alpha value is -2.40. The van der Waals surface area contributed by atoms with Gasteiger partial charge in [0.05, 0.1) is 17.5 Å². The van der Waals surface area contributed by atoms with E-state index in [2.05, 4.69) is 28.2 Å². The van der Waals surface area contributed by atoms with Gasteiger partial charge in [0.1, 0.15) is 5.82 Å². The van der Waals surface area contributed by atoms with Crippen LogP contribution in [0.25, 0.3) is 16.9 Å². The molecule has 5 nitrogen and oxygen atoms in total. The topological polar surface area (TPSA) is 42.7 Å². The van der Waals surface area contributed by atoms with Gasteiger partial charge in [-0.15, -0.1) is 0 Å². The molecule has 0 radical (unpaired) electrons. The molecule has 0 bridgehead atoms. The summed E-state index contributed by atoms with van der Waals surface area (Å²) in [5, 5.41) is 4.62. The number of aryl methyl sites for hydroxylation is 1. The fraction of sp³-hybridized carbons (Fsp3) is 0.333. The molecule has 1 saturated heterocycles. The van der Waals surface area contributed by atoms with Crippen LogP contribution < -0.4 is 4.90 Å². The zero-order chi connectivity index (χ0) is 15.8. The number of hydrogen-bond donors (Lipinski definition) is 0. The third kappa shape index (κ3) is 2.57. The molecule has 23 heavy (non-hydrogen) atoms. The lowest BCUT2D eigenvalue weighted by atomic mass is 10.1. The molecule has 118 valence electrons. The van der Waals surface area contributed by atoms with Crippen molar-refractivity contribution >= 4 is 11.5 Å². The number of rotatable bonds is 3. The predicted octanol–water partition coefficient (Wildman–Crippen LogP) is 2.93. The van der Waals surface area contributed by atoms with Crippen molar-refractivity contribution in [3.05, 3.63) is 48.2 Å². The van der Waals surface area contributed by atoms with Gasteiger partial charge in [0.15, 0.2) is 5.65 Å². The van der Waals surface area contributed by atoms with Gasteiger partial charge in [0.2, 0.25) is 0 Å². The van der Waals surface area contributed by atoms with Gasteiger partial charge < -0.3 is 9.64 Å². The molecule has 1 aliphatic rings. The Morgan fingerprint density at radius 2 is 2.00 bits per heavy atom. The van der Waals surface area contributed by atoms with E-state index < -0.39 is 0 Å². The highest BCUT2D eigenvalue weighted by Gasteiger charge is 2.25. The molecular formula is C18H20N4O. The fourth-order valence-electron chi connectivity index (χ4n) is 3.18. The minimum absolute atomic E-state index is 0.287. The van der Waals surface area contributed by atoms with Crippen LogP contribution in [0.15, 0.2) is 42.5 Å². The molecule has 1 aromatic carbocycles. The van der Waals surface area contributed by atoms with Gasteiger partial charge in [0, 0.05) is 37.9 Å². The first-order valence-corrected chi connectivity index (χ1v) is 7.95. The Labute approximate surface area is 135 Å². The van der Waals surface area contributed by atoms with Crippen LogP contribution in [0, 0.1) is 6.92 Å². The number of fused-ring (bicyclic) bond motifs is 1. The first-order valence-electron chi connectivity index (χ1n) is 7.95. The van der Waals surface area contributed by atoms with Gasteiger partial charge in [0.25, 0.3) is 0 Å². The molecule has 0 saturated carbocycles. The maximum Gasteiger partial charge on any atom is 0.158 e. The largest absolute Gasteiger partial charge is 0.380 e. The molecule has 1 fully saturated rings. The molecule has 5 heteroatoms. The minimum Gasteiger partial charge on any atom is -0.380 e. The summed E-state index contributed by atoms with van der Waals surface area (Å²) in [4.78, 5) is 7.12. The van der Waals surface area contributed by atoms with Crippen molar-refractivity contribution in [1.29, 1.82) is 0 Å². The van der Waals surface area contributed by atoms with E-state index in [1.807, 2.05) is 35.7 Å².